The molecule has 2 aromatic rings. The van der Waals surface area contributed by atoms with Crippen molar-refractivity contribution in [1.29, 1.82) is 0 Å². The van der Waals surface area contributed by atoms with Crippen LogP contribution in [0.15, 0.2) is 47.5 Å². The highest BCUT2D eigenvalue weighted by Gasteiger charge is 2.14. The highest BCUT2D eigenvalue weighted by molar-refractivity contribution is 5.92. The molecule has 6 nitrogen and oxygen atoms in total. The number of nitrogens with zero attached hydrogens (tertiary/aromatic N) is 2. The van der Waals surface area contributed by atoms with Crippen LogP contribution in [0.5, 0.6) is 11.5 Å². The van der Waals surface area contributed by atoms with Crippen LogP contribution in [0.25, 0.3) is 0 Å². The maximum atomic E-state index is 6.13. The molecule has 0 saturated carbocycles. The Bertz CT molecular complexity index is 803. The van der Waals surface area contributed by atoms with Gasteiger partial charge in [0.1, 0.15) is 0 Å². The normalized spacial score (nSPS) is 15.2. The summed E-state index contributed by atoms with van der Waals surface area (Å²) in [5.41, 5.74) is 9.53. The van der Waals surface area contributed by atoms with Gasteiger partial charge in [-0.2, -0.15) is 0 Å². The van der Waals surface area contributed by atoms with Gasteiger partial charge in [0.2, 0.25) is 0 Å². The molecule has 6 heteroatoms. The number of likely N-dealkylation sites (N-methyl/N-ethyl adjacent to an activating group) is 1. The summed E-state index contributed by atoms with van der Waals surface area (Å²) in [6.45, 7) is 4.06. The zero-order valence-electron chi connectivity index (χ0n) is 16.9. The number of nitrogens with two attached hydrogens (primary N) is 1. The van der Waals surface area contributed by atoms with Crippen LogP contribution < -0.4 is 20.5 Å². The minimum atomic E-state index is 0.162. The Morgan fingerprint density at radius 1 is 1.11 bits per heavy atom. The Labute approximate surface area is 167 Å². The number of nitrogens with one attached hydrogen (secondary N) is 1. The zero-order chi connectivity index (χ0) is 19.9. The summed E-state index contributed by atoms with van der Waals surface area (Å²) in [7, 11) is 4.11. The van der Waals surface area contributed by atoms with Crippen molar-refractivity contribution in [2.75, 3.05) is 39.2 Å². The lowest BCUT2D eigenvalue weighted by Crippen LogP contribution is -2.27. The number of guanidine groups is 1. The largest absolute Gasteiger partial charge is 0.490 e. The van der Waals surface area contributed by atoms with Gasteiger partial charge in [0.25, 0.3) is 0 Å². The lowest BCUT2D eigenvalue weighted by Gasteiger charge is -2.23. The number of ether oxygens (including phenoxy) is 2. The number of aryl methyl sites for hydroxylation is 1. The quantitative estimate of drug-likeness (QED) is 0.591. The molecule has 3 rings (SSSR count). The van der Waals surface area contributed by atoms with E-state index in [0.29, 0.717) is 25.7 Å². The van der Waals surface area contributed by atoms with Crippen LogP contribution in [0.3, 0.4) is 0 Å². The number of benzene rings is 2. The third kappa shape index (κ3) is 5.16. The van der Waals surface area contributed by atoms with Crippen molar-refractivity contribution in [3.63, 3.8) is 0 Å². The van der Waals surface area contributed by atoms with E-state index in [9.17, 15) is 0 Å². The SMILES string of the molecule is CCc1ccc(C(CN=C(N)Nc2ccc3c(c2)OCCCO3)N(C)C)cc1. The van der Waals surface area contributed by atoms with E-state index >= 15 is 0 Å². The van der Waals surface area contributed by atoms with E-state index in [-0.39, 0.29) is 6.04 Å². The molecule has 0 fully saturated rings. The number of anilines is 1. The van der Waals surface area contributed by atoms with Gasteiger partial charge in [-0.05, 0) is 43.8 Å². The first-order valence-corrected chi connectivity index (χ1v) is 9.78. The molecule has 150 valence electrons. The minimum absolute atomic E-state index is 0.162. The van der Waals surface area contributed by atoms with E-state index in [1.807, 2.05) is 18.2 Å². The van der Waals surface area contributed by atoms with Gasteiger partial charge in [-0.25, -0.2) is 0 Å². The van der Waals surface area contributed by atoms with Crippen LogP contribution in [-0.4, -0.2) is 44.7 Å². The van der Waals surface area contributed by atoms with E-state index in [4.69, 9.17) is 15.2 Å². The zero-order valence-corrected chi connectivity index (χ0v) is 16.9. The van der Waals surface area contributed by atoms with Gasteiger partial charge in [-0.15, -0.1) is 0 Å². The van der Waals surface area contributed by atoms with E-state index in [0.717, 1.165) is 30.0 Å². The molecule has 0 aromatic heterocycles. The average Bonchev–Trinajstić information content (AvgIpc) is 2.93. The third-order valence-corrected chi connectivity index (χ3v) is 4.85. The fourth-order valence-electron chi connectivity index (χ4n) is 3.16. The van der Waals surface area contributed by atoms with E-state index in [1.54, 1.807) is 0 Å². The highest BCUT2D eigenvalue weighted by atomic mass is 16.5. The van der Waals surface area contributed by atoms with Crippen molar-refractivity contribution < 1.29 is 9.47 Å². The van der Waals surface area contributed by atoms with E-state index in [1.165, 1.54) is 11.1 Å². The summed E-state index contributed by atoms with van der Waals surface area (Å²) < 4.78 is 11.4. The fourth-order valence-corrected chi connectivity index (χ4v) is 3.16. The van der Waals surface area contributed by atoms with Gasteiger partial charge >= 0.3 is 0 Å². The van der Waals surface area contributed by atoms with Crippen molar-refractivity contribution in [3.8, 4) is 11.5 Å². The van der Waals surface area contributed by atoms with Crippen LogP contribution in [0.4, 0.5) is 5.69 Å². The second-order valence-corrected chi connectivity index (χ2v) is 7.14. The molecule has 1 heterocycles. The monoisotopic (exact) mass is 382 g/mol. The molecular weight excluding hydrogens is 352 g/mol. The van der Waals surface area contributed by atoms with Gasteiger partial charge in [-0.3, -0.25) is 4.99 Å². The Kier molecular flexibility index (Phi) is 6.76. The lowest BCUT2D eigenvalue weighted by molar-refractivity contribution is 0.297. The Balaban J connectivity index is 1.67. The molecule has 0 saturated heterocycles. The maximum Gasteiger partial charge on any atom is 0.193 e. The molecule has 0 radical (unpaired) electrons. The second kappa shape index (κ2) is 9.46. The van der Waals surface area contributed by atoms with Crippen molar-refractivity contribution >= 4 is 11.6 Å². The number of aliphatic imine (C=N–C) groups is 1. The van der Waals surface area contributed by atoms with Gasteiger partial charge in [0.05, 0.1) is 25.8 Å². The molecule has 2 aromatic carbocycles. The molecule has 28 heavy (non-hydrogen) atoms. The first kappa shape index (κ1) is 20.0. The highest BCUT2D eigenvalue weighted by Crippen LogP contribution is 2.32. The van der Waals surface area contributed by atoms with Crippen LogP contribution in [0, 0.1) is 0 Å². The molecule has 1 atom stereocenters. The molecule has 1 aliphatic rings. The minimum Gasteiger partial charge on any atom is -0.490 e. The van der Waals surface area contributed by atoms with Gasteiger partial charge in [0.15, 0.2) is 17.5 Å². The molecular formula is C22H30N4O2. The summed E-state index contributed by atoms with van der Waals surface area (Å²) in [5.74, 6) is 1.88. The number of hydrogen-bond donors (Lipinski definition) is 2. The van der Waals surface area contributed by atoms with Crippen LogP contribution in [-0.2, 0) is 6.42 Å². The number of rotatable bonds is 6. The molecule has 1 unspecified atom stereocenters. The summed E-state index contributed by atoms with van der Waals surface area (Å²) in [6.07, 6.45) is 1.92. The van der Waals surface area contributed by atoms with E-state index < -0.39 is 0 Å². The average molecular weight is 383 g/mol. The van der Waals surface area contributed by atoms with Crippen molar-refractivity contribution in [2.45, 2.75) is 25.8 Å². The predicted octanol–water partition coefficient (Wildman–Crippen LogP) is 3.44. The maximum absolute atomic E-state index is 6.13. The molecule has 0 aliphatic carbocycles. The predicted molar refractivity (Wildman–Crippen MR) is 114 cm³/mol. The topological polar surface area (TPSA) is 72.1 Å². The Morgan fingerprint density at radius 3 is 2.50 bits per heavy atom. The van der Waals surface area contributed by atoms with Crippen molar-refractivity contribution in [2.24, 2.45) is 10.7 Å². The third-order valence-electron chi connectivity index (χ3n) is 4.85. The molecule has 1 aliphatic heterocycles. The lowest BCUT2D eigenvalue weighted by atomic mass is 10.0. The van der Waals surface area contributed by atoms with E-state index in [2.05, 4.69) is 60.5 Å². The summed E-state index contributed by atoms with van der Waals surface area (Å²) in [6, 6.07) is 14.6. The Hall–Kier alpha value is -2.73. The van der Waals surface area contributed by atoms with Gasteiger partial charge < -0.3 is 25.4 Å². The first-order valence-electron chi connectivity index (χ1n) is 9.78. The number of fused-ring (bicyclic) bond motifs is 1. The molecule has 0 spiro atoms. The summed E-state index contributed by atoms with van der Waals surface area (Å²) in [4.78, 5) is 6.72. The second-order valence-electron chi connectivity index (χ2n) is 7.14. The van der Waals surface area contributed by atoms with Gasteiger partial charge in [-0.1, -0.05) is 31.2 Å². The molecule has 3 N–H and O–H groups in total. The standard InChI is InChI=1S/C22H30N4O2/c1-4-16-6-8-17(9-7-16)19(26(2)3)15-24-22(23)25-18-10-11-20-21(14-18)28-13-5-12-27-20/h6-11,14,19H,4-5,12-13,15H2,1-3H3,(H3,23,24,25). The van der Waals surface area contributed by atoms with Crippen molar-refractivity contribution in [1.82, 2.24) is 4.90 Å². The summed E-state index contributed by atoms with van der Waals surface area (Å²) in [5, 5.41) is 3.15. The Morgan fingerprint density at radius 2 is 1.82 bits per heavy atom. The van der Waals surface area contributed by atoms with Crippen LogP contribution in [0.2, 0.25) is 0 Å². The van der Waals surface area contributed by atoms with Crippen LogP contribution in [0.1, 0.15) is 30.5 Å². The molecule has 0 bridgehead atoms. The first-order chi connectivity index (χ1) is 13.6. The van der Waals surface area contributed by atoms with Crippen LogP contribution >= 0.6 is 0 Å². The fraction of sp³-hybridized carbons (Fsp3) is 0.409. The molecule has 0 amide bonds. The smallest absolute Gasteiger partial charge is 0.193 e. The van der Waals surface area contributed by atoms with Crippen molar-refractivity contribution in [3.05, 3.63) is 53.6 Å². The van der Waals surface area contributed by atoms with Gasteiger partial charge in [0, 0.05) is 18.2 Å². The summed E-state index contributed by atoms with van der Waals surface area (Å²) >= 11 is 0. The number of hydrogen-bond acceptors (Lipinski definition) is 4.